The first-order valence-corrected chi connectivity index (χ1v) is 6.97. The number of hydrogen-bond donors (Lipinski definition) is 2. The van der Waals surface area contributed by atoms with Gasteiger partial charge in [-0.1, -0.05) is 37.6 Å². The minimum absolute atomic E-state index is 0.639. The van der Waals surface area contributed by atoms with Gasteiger partial charge in [0.25, 0.3) is 0 Å². The molecule has 20 heavy (non-hydrogen) atoms. The van der Waals surface area contributed by atoms with Crippen molar-refractivity contribution in [3.63, 3.8) is 0 Å². The zero-order valence-corrected chi connectivity index (χ0v) is 11.8. The Morgan fingerprint density at radius 1 is 1.00 bits per heavy atom. The van der Waals surface area contributed by atoms with Crippen molar-refractivity contribution in [1.29, 1.82) is 0 Å². The molecule has 0 saturated carbocycles. The summed E-state index contributed by atoms with van der Waals surface area (Å²) < 4.78 is 5.60. The van der Waals surface area contributed by atoms with Gasteiger partial charge in [0.15, 0.2) is 0 Å². The van der Waals surface area contributed by atoms with Crippen molar-refractivity contribution in [3.8, 4) is 5.75 Å². The van der Waals surface area contributed by atoms with Crippen LogP contribution < -0.4 is 10.5 Å². The molecule has 1 atom stereocenters. The number of aliphatic hydroxyl groups is 1. The average Bonchev–Trinajstić information content (AvgIpc) is 2.48. The summed E-state index contributed by atoms with van der Waals surface area (Å²) in [5.74, 6) is 0.840. The zero-order valence-electron chi connectivity index (χ0n) is 11.8. The first kappa shape index (κ1) is 14.4. The largest absolute Gasteiger partial charge is 0.494 e. The third kappa shape index (κ3) is 3.75. The second-order valence-electron chi connectivity index (χ2n) is 4.84. The van der Waals surface area contributed by atoms with Crippen LogP contribution in [-0.4, -0.2) is 11.7 Å². The molecular formula is C17H21NO2. The topological polar surface area (TPSA) is 55.5 Å². The molecule has 0 amide bonds. The second kappa shape index (κ2) is 6.96. The molecule has 0 aliphatic rings. The van der Waals surface area contributed by atoms with Gasteiger partial charge < -0.3 is 15.6 Å². The zero-order chi connectivity index (χ0) is 14.4. The lowest BCUT2D eigenvalue weighted by Gasteiger charge is -2.13. The van der Waals surface area contributed by atoms with Crippen molar-refractivity contribution in [2.75, 3.05) is 12.3 Å². The number of rotatable bonds is 6. The van der Waals surface area contributed by atoms with E-state index in [-0.39, 0.29) is 0 Å². The van der Waals surface area contributed by atoms with Crippen LogP contribution in [0, 0.1) is 0 Å². The van der Waals surface area contributed by atoms with E-state index in [9.17, 15) is 5.11 Å². The minimum atomic E-state index is -0.639. The normalized spacial score (nSPS) is 12.1. The Morgan fingerprint density at radius 2 is 1.55 bits per heavy atom. The highest BCUT2D eigenvalue weighted by molar-refractivity contribution is 5.42. The number of aliphatic hydroxyl groups excluding tert-OH is 1. The number of nitrogens with two attached hydrogens (primary N) is 1. The van der Waals surface area contributed by atoms with Crippen LogP contribution in [0.2, 0.25) is 0 Å². The summed E-state index contributed by atoms with van der Waals surface area (Å²) >= 11 is 0. The molecule has 0 radical (unpaired) electrons. The molecule has 1 unspecified atom stereocenters. The lowest BCUT2D eigenvalue weighted by Crippen LogP contribution is -2.01. The average molecular weight is 271 g/mol. The third-order valence-electron chi connectivity index (χ3n) is 3.21. The summed E-state index contributed by atoms with van der Waals surface area (Å²) in [6, 6.07) is 14.8. The van der Waals surface area contributed by atoms with Crippen molar-refractivity contribution < 1.29 is 9.84 Å². The van der Waals surface area contributed by atoms with Crippen LogP contribution in [0.1, 0.15) is 37.0 Å². The van der Waals surface area contributed by atoms with Crippen LogP contribution >= 0.6 is 0 Å². The predicted molar refractivity (Wildman–Crippen MR) is 81.8 cm³/mol. The van der Waals surface area contributed by atoms with Crippen LogP contribution in [0.4, 0.5) is 5.69 Å². The van der Waals surface area contributed by atoms with Gasteiger partial charge in [0.05, 0.1) is 6.61 Å². The Kier molecular flexibility index (Phi) is 5.02. The fourth-order valence-corrected chi connectivity index (χ4v) is 1.95. The summed E-state index contributed by atoms with van der Waals surface area (Å²) in [6.45, 7) is 2.87. The highest BCUT2D eigenvalue weighted by Gasteiger charge is 2.10. The van der Waals surface area contributed by atoms with E-state index in [1.165, 1.54) is 0 Å². The Labute approximate surface area is 120 Å². The predicted octanol–water partition coefficient (Wildman–Crippen LogP) is 3.53. The number of ether oxygens (including phenoxy) is 1. The summed E-state index contributed by atoms with van der Waals surface area (Å²) in [6.07, 6.45) is 1.53. The second-order valence-corrected chi connectivity index (χ2v) is 4.84. The molecule has 3 N–H and O–H groups in total. The van der Waals surface area contributed by atoms with E-state index in [0.717, 1.165) is 36.3 Å². The molecule has 2 aromatic carbocycles. The van der Waals surface area contributed by atoms with Gasteiger partial charge in [0.2, 0.25) is 0 Å². The Bertz CT molecular complexity index is 520. The minimum Gasteiger partial charge on any atom is -0.494 e. The SMILES string of the molecule is CCCCOc1ccc(C(O)c2ccc(N)cc2)cc1. The number of hydrogen-bond acceptors (Lipinski definition) is 3. The van der Waals surface area contributed by atoms with Gasteiger partial charge in [0.1, 0.15) is 11.9 Å². The Morgan fingerprint density at radius 3 is 2.10 bits per heavy atom. The molecule has 2 aromatic rings. The highest BCUT2D eigenvalue weighted by atomic mass is 16.5. The highest BCUT2D eigenvalue weighted by Crippen LogP contribution is 2.24. The first-order chi connectivity index (χ1) is 9.70. The van der Waals surface area contributed by atoms with Gasteiger partial charge in [-0.3, -0.25) is 0 Å². The molecule has 3 nitrogen and oxygen atoms in total. The smallest absolute Gasteiger partial charge is 0.119 e. The van der Waals surface area contributed by atoms with Gasteiger partial charge >= 0.3 is 0 Å². The van der Waals surface area contributed by atoms with Crippen LogP contribution in [0.15, 0.2) is 48.5 Å². The maximum atomic E-state index is 10.3. The molecule has 0 aromatic heterocycles. The van der Waals surface area contributed by atoms with E-state index >= 15 is 0 Å². The molecular weight excluding hydrogens is 250 g/mol. The summed E-state index contributed by atoms with van der Waals surface area (Å²) in [4.78, 5) is 0. The van der Waals surface area contributed by atoms with Crippen LogP contribution in [0.25, 0.3) is 0 Å². The molecule has 0 saturated heterocycles. The Balaban J connectivity index is 2.03. The standard InChI is InChI=1S/C17H21NO2/c1-2-3-12-20-16-10-6-14(7-11-16)17(19)13-4-8-15(18)9-5-13/h4-11,17,19H,2-3,12,18H2,1H3. The molecule has 0 aliphatic carbocycles. The molecule has 3 heteroatoms. The van der Waals surface area contributed by atoms with E-state index in [2.05, 4.69) is 6.92 Å². The number of anilines is 1. The molecule has 0 heterocycles. The lowest BCUT2D eigenvalue weighted by molar-refractivity contribution is 0.220. The maximum absolute atomic E-state index is 10.3. The molecule has 0 spiro atoms. The summed E-state index contributed by atoms with van der Waals surface area (Å²) in [7, 11) is 0. The molecule has 0 bridgehead atoms. The van der Waals surface area contributed by atoms with Crippen molar-refractivity contribution in [3.05, 3.63) is 59.7 Å². The van der Waals surface area contributed by atoms with Crippen LogP contribution in [0.5, 0.6) is 5.75 Å². The number of nitrogen functional groups attached to an aromatic ring is 1. The van der Waals surface area contributed by atoms with Crippen molar-refractivity contribution in [1.82, 2.24) is 0 Å². The van der Waals surface area contributed by atoms with Crippen molar-refractivity contribution >= 4 is 5.69 Å². The molecule has 0 aliphatic heterocycles. The molecule has 0 fully saturated rings. The van der Waals surface area contributed by atoms with Crippen molar-refractivity contribution in [2.24, 2.45) is 0 Å². The van der Waals surface area contributed by atoms with E-state index in [0.29, 0.717) is 5.69 Å². The lowest BCUT2D eigenvalue weighted by atomic mass is 10.0. The fraction of sp³-hybridized carbons (Fsp3) is 0.294. The monoisotopic (exact) mass is 271 g/mol. The first-order valence-electron chi connectivity index (χ1n) is 6.97. The quantitative estimate of drug-likeness (QED) is 0.624. The van der Waals surface area contributed by atoms with Crippen LogP contribution in [0.3, 0.4) is 0 Å². The van der Waals surface area contributed by atoms with Gasteiger partial charge in [-0.2, -0.15) is 0 Å². The maximum Gasteiger partial charge on any atom is 0.119 e. The molecule has 106 valence electrons. The number of unbranched alkanes of at least 4 members (excludes halogenated alkanes) is 1. The fourth-order valence-electron chi connectivity index (χ4n) is 1.95. The van der Waals surface area contributed by atoms with Gasteiger partial charge in [0, 0.05) is 5.69 Å². The number of benzene rings is 2. The summed E-state index contributed by atoms with van der Waals surface area (Å²) in [5, 5.41) is 10.3. The van der Waals surface area contributed by atoms with E-state index in [1.807, 2.05) is 36.4 Å². The van der Waals surface area contributed by atoms with Crippen molar-refractivity contribution in [2.45, 2.75) is 25.9 Å². The van der Waals surface area contributed by atoms with E-state index in [1.54, 1.807) is 12.1 Å². The molecule has 2 rings (SSSR count). The van der Waals surface area contributed by atoms with E-state index in [4.69, 9.17) is 10.5 Å². The summed E-state index contributed by atoms with van der Waals surface area (Å²) in [5.41, 5.74) is 8.02. The van der Waals surface area contributed by atoms with Gasteiger partial charge in [-0.25, -0.2) is 0 Å². The van der Waals surface area contributed by atoms with Crippen LogP contribution in [-0.2, 0) is 0 Å². The van der Waals surface area contributed by atoms with E-state index < -0.39 is 6.10 Å². The van der Waals surface area contributed by atoms with Gasteiger partial charge in [-0.15, -0.1) is 0 Å². The Hall–Kier alpha value is -2.00. The van der Waals surface area contributed by atoms with Gasteiger partial charge in [-0.05, 0) is 41.8 Å². The third-order valence-corrected chi connectivity index (χ3v) is 3.21.